The van der Waals surface area contributed by atoms with E-state index in [-0.39, 0.29) is 29.0 Å². The van der Waals surface area contributed by atoms with E-state index in [0.717, 1.165) is 24.2 Å². The maximum Gasteiger partial charge on any atom is 0.276 e. The van der Waals surface area contributed by atoms with Gasteiger partial charge in [0.2, 0.25) is 5.43 Å². The van der Waals surface area contributed by atoms with Crippen molar-refractivity contribution in [2.24, 2.45) is 0 Å². The topological polar surface area (TPSA) is 64.4 Å². The maximum atomic E-state index is 15.1. The summed E-state index contributed by atoms with van der Waals surface area (Å²) < 4.78 is 36.2. The number of aromatic nitrogens is 2. The van der Waals surface area contributed by atoms with Crippen LogP contribution in [0.4, 0.5) is 8.78 Å². The number of hydrogen-bond donors (Lipinski definition) is 0. The van der Waals surface area contributed by atoms with Gasteiger partial charge in [-0.1, -0.05) is 42.5 Å². The molecule has 6 nitrogen and oxygen atoms in total. The van der Waals surface area contributed by atoms with Crippen LogP contribution in [0.25, 0.3) is 0 Å². The van der Waals surface area contributed by atoms with Crippen molar-refractivity contribution >= 4 is 5.91 Å². The summed E-state index contributed by atoms with van der Waals surface area (Å²) in [5, 5.41) is 4.30. The largest absolute Gasteiger partial charge is 0.491 e. The lowest BCUT2D eigenvalue weighted by molar-refractivity contribution is 0.0563. The van der Waals surface area contributed by atoms with Crippen LogP contribution < -0.4 is 10.2 Å². The molecule has 3 atom stereocenters. The number of carbonyl (C=O) groups excluding carboxylic acids is 1. The highest BCUT2D eigenvalue weighted by Crippen LogP contribution is 2.46. The lowest BCUT2D eigenvalue weighted by Gasteiger charge is -2.42. The summed E-state index contributed by atoms with van der Waals surface area (Å²) in [6, 6.07) is 12.5. The highest BCUT2D eigenvalue weighted by atomic mass is 19.2. The van der Waals surface area contributed by atoms with Crippen molar-refractivity contribution in [2.45, 2.75) is 30.8 Å². The molecule has 0 aliphatic carbocycles. The summed E-state index contributed by atoms with van der Waals surface area (Å²) in [6.45, 7) is 0.513. The van der Waals surface area contributed by atoms with Gasteiger partial charge >= 0.3 is 0 Å². The minimum atomic E-state index is -0.940. The van der Waals surface area contributed by atoms with Gasteiger partial charge in [0.25, 0.3) is 5.91 Å². The van der Waals surface area contributed by atoms with Gasteiger partial charge in [-0.2, -0.15) is 5.10 Å². The van der Waals surface area contributed by atoms with E-state index >= 15 is 4.39 Å². The molecule has 2 aromatic carbocycles. The van der Waals surface area contributed by atoms with Crippen molar-refractivity contribution < 1.29 is 18.3 Å². The average Bonchev–Trinajstić information content (AvgIpc) is 3.30. The minimum Gasteiger partial charge on any atom is -0.491 e. The zero-order chi connectivity index (χ0) is 22.4. The van der Waals surface area contributed by atoms with E-state index in [0.29, 0.717) is 13.0 Å². The van der Waals surface area contributed by atoms with Crippen LogP contribution in [0.15, 0.2) is 59.5 Å². The molecule has 1 amide bonds. The van der Waals surface area contributed by atoms with Crippen molar-refractivity contribution in [1.82, 2.24) is 14.7 Å². The first-order valence-corrected chi connectivity index (χ1v) is 10.5. The van der Waals surface area contributed by atoms with Crippen molar-refractivity contribution in [3.63, 3.8) is 0 Å². The quantitative estimate of drug-likeness (QED) is 0.627. The Kier molecular flexibility index (Phi) is 5.00. The second-order valence-electron chi connectivity index (χ2n) is 8.07. The third kappa shape index (κ3) is 3.01. The first kappa shape index (κ1) is 20.4. The summed E-state index contributed by atoms with van der Waals surface area (Å²) >= 11 is 0. The normalized spacial score (nSPS) is 20.6. The molecule has 32 heavy (non-hydrogen) atoms. The molecule has 1 fully saturated rings. The fourth-order valence-electron chi connectivity index (χ4n) is 5.11. The lowest BCUT2D eigenvalue weighted by Crippen LogP contribution is -2.51. The monoisotopic (exact) mass is 437 g/mol. The van der Waals surface area contributed by atoms with Crippen molar-refractivity contribution in [2.75, 3.05) is 13.7 Å². The smallest absolute Gasteiger partial charge is 0.276 e. The molecule has 0 radical (unpaired) electrons. The highest BCUT2D eigenvalue weighted by Gasteiger charge is 2.48. The van der Waals surface area contributed by atoms with Crippen molar-refractivity contribution in [3.8, 4) is 5.75 Å². The van der Waals surface area contributed by atoms with Gasteiger partial charge in [0.05, 0.1) is 25.4 Å². The third-order valence-corrected chi connectivity index (χ3v) is 6.43. The number of fused-ring (bicyclic) bond motifs is 2. The van der Waals surface area contributed by atoms with E-state index in [1.165, 1.54) is 17.9 Å². The molecule has 1 unspecified atom stereocenters. The number of nitrogens with zero attached hydrogens (tertiary/aromatic N) is 3. The molecule has 1 saturated heterocycles. The fourth-order valence-corrected chi connectivity index (χ4v) is 5.11. The van der Waals surface area contributed by atoms with E-state index < -0.39 is 29.0 Å². The standard InChI is InChI=1S/C24H21F2N3O3/c1-32-23-18(30)13-27-29-21(17-11-6-12-28(17)24(31)22(23)29)19(14-7-3-2-4-8-14)15-9-5-10-16(25)20(15)26/h2-5,7-10,13,17,19,21H,6,11-12H2,1H3/t17-,19?,21-/m1/s1. The van der Waals surface area contributed by atoms with E-state index in [1.54, 1.807) is 11.0 Å². The number of carbonyl (C=O) groups is 1. The second kappa shape index (κ2) is 7.85. The van der Waals surface area contributed by atoms with Crippen LogP contribution in [0.1, 0.15) is 46.4 Å². The molecule has 164 valence electrons. The van der Waals surface area contributed by atoms with Crippen LogP contribution in [-0.2, 0) is 0 Å². The number of ether oxygens (including phenoxy) is 1. The summed E-state index contributed by atoms with van der Waals surface area (Å²) in [4.78, 5) is 27.4. The Labute approximate surface area is 183 Å². The van der Waals surface area contributed by atoms with Gasteiger partial charge in [-0.25, -0.2) is 8.78 Å². The molecule has 3 aromatic rings. The lowest BCUT2D eigenvalue weighted by atomic mass is 9.79. The van der Waals surface area contributed by atoms with E-state index in [2.05, 4.69) is 5.10 Å². The second-order valence-corrected chi connectivity index (χ2v) is 8.07. The van der Waals surface area contributed by atoms with Crippen LogP contribution >= 0.6 is 0 Å². The van der Waals surface area contributed by atoms with E-state index in [1.807, 2.05) is 30.3 Å². The minimum absolute atomic E-state index is 0.0425. The van der Waals surface area contributed by atoms with Crippen LogP contribution in [0, 0.1) is 11.6 Å². The molecule has 8 heteroatoms. The summed E-state index contributed by atoms with van der Waals surface area (Å²) in [5.41, 5.74) is 0.471. The molecule has 5 rings (SSSR count). The van der Waals surface area contributed by atoms with Crippen LogP contribution in [-0.4, -0.2) is 40.3 Å². The van der Waals surface area contributed by atoms with Crippen LogP contribution in [0.3, 0.4) is 0 Å². The molecule has 2 aliphatic heterocycles. The van der Waals surface area contributed by atoms with Gasteiger partial charge in [0.15, 0.2) is 23.1 Å². The number of benzene rings is 2. The number of halogens is 2. The fraction of sp³-hybridized carbons (Fsp3) is 0.292. The zero-order valence-corrected chi connectivity index (χ0v) is 17.4. The maximum absolute atomic E-state index is 15.1. The number of methoxy groups -OCH3 is 1. The first-order chi connectivity index (χ1) is 15.5. The molecule has 0 N–H and O–H groups in total. The molecule has 0 saturated carbocycles. The molecule has 1 aromatic heterocycles. The molecule has 0 spiro atoms. The SMILES string of the molecule is COc1c2n(ncc1=O)[C@@H](C(c1ccccc1)c1cccc(F)c1F)[C@H]1CCCN1C2=O. The Morgan fingerprint density at radius 3 is 2.62 bits per heavy atom. The predicted octanol–water partition coefficient (Wildman–Crippen LogP) is 3.52. The summed E-state index contributed by atoms with van der Waals surface area (Å²) in [6.07, 6.45) is 2.56. The van der Waals surface area contributed by atoms with E-state index in [9.17, 15) is 14.0 Å². The van der Waals surface area contributed by atoms with Gasteiger partial charge in [-0.05, 0) is 24.5 Å². The zero-order valence-electron chi connectivity index (χ0n) is 17.4. The van der Waals surface area contributed by atoms with Crippen molar-refractivity contribution in [1.29, 1.82) is 0 Å². The Balaban J connectivity index is 1.81. The molecule has 3 heterocycles. The van der Waals surface area contributed by atoms with Gasteiger partial charge in [-0.15, -0.1) is 0 Å². The molecule has 2 aliphatic rings. The molecular weight excluding hydrogens is 416 g/mol. The van der Waals surface area contributed by atoms with Gasteiger partial charge < -0.3 is 9.64 Å². The number of amides is 1. The van der Waals surface area contributed by atoms with Crippen LogP contribution in [0.5, 0.6) is 5.75 Å². The predicted molar refractivity (Wildman–Crippen MR) is 113 cm³/mol. The Morgan fingerprint density at radius 2 is 1.88 bits per heavy atom. The van der Waals surface area contributed by atoms with Gasteiger partial charge in [0, 0.05) is 18.0 Å². The molecule has 0 bridgehead atoms. The number of rotatable bonds is 4. The summed E-state index contributed by atoms with van der Waals surface area (Å²) in [5.74, 6) is -2.95. The number of hydrogen-bond acceptors (Lipinski definition) is 4. The molecular formula is C24H21F2N3O3. The Bertz CT molecular complexity index is 1240. The average molecular weight is 437 g/mol. The van der Waals surface area contributed by atoms with E-state index in [4.69, 9.17) is 4.74 Å². The van der Waals surface area contributed by atoms with Crippen molar-refractivity contribution in [3.05, 3.63) is 93.4 Å². The van der Waals surface area contributed by atoms with Gasteiger partial charge in [-0.3, -0.25) is 14.3 Å². The first-order valence-electron chi connectivity index (χ1n) is 10.5. The van der Waals surface area contributed by atoms with Crippen LogP contribution in [0.2, 0.25) is 0 Å². The summed E-state index contributed by atoms with van der Waals surface area (Å²) in [7, 11) is 1.33. The van der Waals surface area contributed by atoms with Gasteiger partial charge in [0.1, 0.15) is 0 Å². The highest BCUT2D eigenvalue weighted by molar-refractivity contribution is 5.96. The third-order valence-electron chi connectivity index (χ3n) is 6.43. The Morgan fingerprint density at radius 1 is 1.09 bits per heavy atom. The Hall–Kier alpha value is -3.55.